The summed E-state index contributed by atoms with van der Waals surface area (Å²) in [4.78, 5) is 2.42. The highest BCUT2D eigenvalue weighted by molar-refractivity contribution is 7.73. The summed E-state index contributed by atoms with van der Waals surface area (Å²) in [5.41, 5.74) is 7.86. The minimum atomic E-state index is -2.61. The lowest BCUT2D eigenvalue weighted by molar-refractivity contribution is 0.286. The number of nitrogens with zero attached hydrogens (tertiary/aromatic N) is 3. The molecule has 0 radical (unpaired) electrons. The van der Waals surface area contributed by atoms with Crippen molar-refractivity contribution in [3.63, 3.8) is 0 Å². The summed E-state index contributed by atoms with van der Waals surface area (Å²) in [6, 6.07) is 0. The van der Waals surface area contributed by atoms with Crippen molar-refractivity contribution >= 4 is 10.7 Å². The van der Waals surface area contributed by atoms with E-state index in [4.69, 9.17) is 10.6 Å². The molecule has 0 saturated heterocycles. The molecule has 0 aliphatic heterocycles. The Morgan fingerprint density at radius 3 is 2.64 bits per heavy atom. The molecule has 0 aromatic rings. The van der Waals surface area contributed by atoms with E-state index in [0.717, 1.165) is 0 Å². The Morgan fingerprint density at radius 2 is 2.27 bits per heavy atom. The van der Waals surface area contributed by atoms with Crippen molar-refractivity contribution in [2.75, 3.05) is 13.2 Å². The number of hydrogen-bond donors (Lipinski definition) is 2. The molecule has 0 bridgehead atoms. The fourth-order valence-corrected chi connectivity index (χ4v) is 1.08. The molecule has 0 heterocycles. The van der Waals surface area contributed by atoms with Crippen LogP contribution >= 0.6 is 0 Å². The zero-order valence-corrected chi connectivity index (χ0v) is 6.65. The lowest BCUT2D eigenvalue weighted by Gasteiger charge is -2.01. The highest BCUT2D eigenvalue weighted by Gasteiger charge is 2.08. The average molecular weight is 179 g/mol. The van der Waals surface area contributed by atoms with Gasteiger partial charge in [-0.1, -0.05) is 5.11 Å². The summed E-state index contributed by atoms with van der Waals surface area (Å²) >= 11 is 0. The maximum absolute atomic E-state index is 10.3. The van der Waals surface area contributed by atoms with Crippen LogP contribution in [0.3, 0.4) is 0 Å². The molecule has 0 amide bonds. The number of azide groups is 1. The smallest absolute Gasteiger partial charge is 0.143 e. The Hall–Kier alpha value is -0.780. The Kier molecular flexibility index (Phi) is 5.54. The fraction of sp³-hybridized carbons (Fsp3) is 1.00. The topological polar surface area (TPSA) is 103 Å². The number of aliphatic hydroxyl groups is 1. The molecule has 6 nitrogen and oxygen atoms in total. The van der Waals surface area contributed by atoms with E-state index in [0.29, 0.717) is 0 Å². The minimum absolute atomic E-state index is 0.101. The number of aliphatic hydroxyl groups excluding tert-OH is 1. The van der Waals surface area contributed by atoms with E-state index < -0.39 is 16.0 Å². The molecular formula is C4H9N3O3S. The van der Waals surface area contributed by atoms with Crippen LogP contribution < -0.4 is 0 Å². The van der Waals surface area contributed by atoms with Gasteiger partial charge in [-0.3, -0.25) is 0 Å². The van der Waals surface area contributed by atoms with E-state index in [9.17, 15) is 8.42 Å². The van der Waals surface area contributed by atoms with Gasteiger partial charge in [0.25, 0.3) is 0 Å². The Bertz CT molecular complexity index is 213. The summed E-state index contributed by atoms with van der Waals surface area (Å²) in [6.45, 7) is -0.315. The number of hydrogen-bond acceptors (Lipinski definition) is 4. The van der Waals surface area contributed by atoms with Gasteiger partial charge >= 0.3 is 0 Å². The molecule has 64 valence electrons. The summed E-state index contributed by atoms with van der Waals surface area (Å²) in [6.07, 6.45) is 0.123. The first kappa shape index (κ1) is 10.2. The van der Waals surface area contributed by atoms with Crippen molar-refractivity contribution in [1.29, 1.82) is 0 Å². The van der Waals surface area contributed by atoms with Gasteiger partial charge in [0.2, 0.25) is 0 Å². The van der Waals surface area contributed by atoms with Crippen LogP contribution in [0.15, 0.2) is 5.11 Å². The predicted octanol–water partition coefficient (Wildman–Crippen LogP) is -0.341. The molecular weight excluding hydrogens is 170 g/mol. The lowest BCUT2D eigenvalue weighted by Crippen LogP contribution is -2.15. The van der Waals surface area contributed by atoms with Crippen molar-refractivity contribution < 1.29 is 13.5 Å². The van der Waals surface area contributed by atoms with Crippen molar-refractivity contribution in [3.8, 4) is 0 Å². The van der Waals surface area contributed by atoms with Crippen LogP contribution in [0.4, 0.5) is 0 Å². The number of thiol groups is 1. The van der Waals surface area contributed by atoms with E-state index in [1.807, 2.05) is 0 Å². The van der Waals surface area contributed by atoms with E-state index in [-0.39, 0.29) is 19.6 Å². The van der Waals surface area contributed by atoms with Gasteiger partial charge in [-0.15, -0.1) is 0 Å². The van der Waals surface area contributed by atoms with Crippen molar-refractivity contribution in [1.82, 2.24) is 0 Å². The van der Waals surface area contributed by atoms with Crippen LogP contribution in [0.1, 0.15) is 6.42 Å². The zero-order valence-electron chi connectivity index (χ0n) is 5.75. The molecule has 0 aliphatic carbocycles. The van der Waals surface area contributed by atoms with Crippen LogP contribution in [0, 0.1) is 0 Å². The monoisotopic (exact) mass is 179 g/mol. The largest absolute Gasteiger partial charge is 0.396 e. The van der Waals surface area contributed by atoms with Gasteiger partial charge in [0.1, 0.15) is 10.7 Å². The summed E-state index contributed by atoms with van der Waals surface area (Å²) in [5.74, 6) is 0. The van der Waals surface area contributed by atoms with Gasteiger partial charge in [-0.05, 0) is 12.0 Å². The standard InChI is InChI=1S/C4H9N3O3S/c5-7-6-3-4(1-2-8)11(9)10/h4,8,11H,1-3H2. The van der Waals surface area contributed by atoms with Crippen molar-refractivity contribution in [2.24, 2.45) is 5.11 Å². The van der Waals surface area contributed by atoms with Crippen molar-refractivity contribution in [3.05, 3.63) is 10.4 Å². The van der Waals surface area contributed by atoms with Crippen LogP contribution in [0.25, 0.3) is 10.4 Å². The Labute approximate surface area is 65.4 Å². The minimum Gasteiger partial charge on any atom is -0.396 e. The third kappa shape index (κ3) is 4.60. The highest BCUT2D eigenvalue weighted by atomic mass is 32.2. The maximum atomic E-state index is 10.3. The molecule has 0 aromatic carbocycles. The Morgan fingerprint density at radius 1 is 1.64 bits per heavy atom. The molecule has 1 N–H and O–H groups in total. The Balaban J connectivity index is 3.99. The molecule has 0 rings (SSSR count). The molecule has 0 saturated carbocycles. The number of rotatable bonds is 5. The quantitative estimate of drug-likeness (QED) is 0.261. The predicted molar refractivity (Wildman–Crippen MR) is 39.8 cm³/mol. The normalized spacial score (nSPS) is 12.5. The van der Waals surface area contributed by atoms with E-state index in [1.54, 1.807) is 0 Å². The average Bonchev–Trinajstić information content (AvgIpc) is 1.97. The molecule has 1 unspecified atom stereocenters. The van der Waals surface area contributed by atoms with E-state index in [2.05, 4.69) is 10.0 Å². The second-order valence-corrected chi connectivity index (χ2v) is 3.17. The van der Waals surface area contributed by atoms with E-state index in [1.165, 1.54) is 0 Å². The second-order valence-electron chi connectivity index (χ2n) is 1.86. The lowest BCUT2D eigenvalue weighted by atomic mass is 10.3. The third-order valence-electron chi connectivity index (χ3n) is 1.12. The van der Waals surface area contributed by atoms with Crippen LogP contribution in [0.2, 0.25) is 0 Å². The van der Waals surface area contributed by atoms with Gasteiger partial charge in [0.15, 0.2) is 0 Å². The summed E-state index contributed by atoms with van der Waals surface area (Å²) < 4.78 is 20.7. The van der Waals surface area contributed by atoms with Gasteiger partial charge in [-0.2, -0.15) is 0 Å². The summed E-state index contributed by atoms with van der Waals surface area (Å²) in [5, 5.41) is 10.7. The fourth-order valence-electron chi connectivity index (χ4n) is 0.543. The van der Waals surface area contributed by atoms with Gasteiger partial charge in [0, 0.05) is 18.1 Å². The molecule has 11 heavy (non-hydrogen) atoms. The van der Waals surface area contributed by atoms with E-state index >= 15 is 0 Å². The first-order chi connectivity index (χ1) is 5.22. The molecule has 0 aliphatic rings. The van der Waals surface area contributed by atoms with Gasteiger partial charge in [0.05, 0.1) is 5.25 Å². The van der Waals surface area contributed by atoms with Crippen LogP contribution in [-0.2, 0) is 10.7 Å². The molecule has 1 atom stereocenters. The highest BCUT2D eigenvalue weighted by Crippen LogP contribution is 1.96. The van der Waals surface area contributed by atoms with Crippen molar-refractivity contribution in [2.45, 2.75) is 11.7 Å². The van der Waals surface area contributed by atoms with Crippen LogP contribution in [-0.4, -0.2) is 31.9 Å². The first-order valence-electron chi connectivity index (χ1n) is 2.97. The van der Waals surface area contributed by atoms with Crippen LogP contribution in [0.5, 0.6) is 0 Å². The molecule has 0 fully saturated rings. The maximum Gasteiger partial charge on any atom is 0.143 e. The first-order valence-corrected chi connectivity index (χ1v) is 4.22. The third-order valence-corrected chi connectivity index (χ3v) is 2.13. The molecule has 0 aromatic heterocycles. The zero-order chi connectivity index (χ0) is 8.69. The summed E-state index contributed by atoms with van der Waals surface area (Å²) in [7, 11) is -2.61. The molecule has 0 spiro atoms. The van der Waals surface area contributed by atoms with Gasteiger partial charge < -0.3 is 5.11 Å². The molecule has 7 heteroatoms. The second kappa shape index (κ2) is 5.96. The SMILES string of the molecule is [N-]=[N+]=NCC(CCO)[SH](=O)=O. The van der Waals surface area contributed by atoms with Gasteiger partial charge in [-0.25, -0.2) is 8.42 Å².